The van der Waals surface area contributed by atoms with Crippen molar-refractivity contribution in [1.82, 2.24) is 19.7 Å². The van der Waals surface area contributed by atoms with E-state index < -0.39 is 35.5 Å². The molecule has 12 nitrogen and oxygen atoms in total. The smallest absolute Gasteiger partial charge is 0.411 e. The van der Waals surface area contributed by atoms with Crippen LogP contribution in [0, 0.1) is 6.92 Å². The first-order chi connectivity index (χ1) is 23.1. The summed E-state index contributed by atoms with van der Waals surface area (Å²) in [6.07, 6.45) is 2.79. The average Bonchev–Trinajstić information content (AvgIpc) is 3.74. The predicted molar refractivity (Wildman–Crippen MR) is 185 cm³/mol. The van der Waals surface area contributed by atoms with Gasteiger partial charge < -0.3 is 33.9 Å². The number of rotatable bonds is 10. The standard InChI is InChI=1S/C36H50N4O8S/c1-22-23(10-9-11-28(22)45-8)18-39(24-12-13-24)32(42)31-26(29-17-37-30(49-29)21-46-15-14-41)16-25-19-38(33(43)47-35(2,3)4)20-27(31)40(25)34(44)48-36(5,6)7/h9-11,17,24-25,27,41H,12-16,18-21H2,1-8H3. The molecule has 5 rings (SSSR count). The molecule has 3 aliphatic rings. The monoisotopic (exact) mass is 698 g/mol. The van der Waals surface area contributed by atoms with Crippen molar-refractivity contribution in [3.63, 3.8) is 0 Å². The molecule has 1 N–H and O–H groups in total. The van der Waals surface area contributed by atoms with E-state index in [-0.39, 0.29) is 44.9 Å². The van der Waals surface area contributed by atoms with Crippen LogP contribution in [0.25, 0.3) is 5.57 Å². The average molecular weight is 699 g/mol. The molecular formula is C36H50N4O8S. The van der Waals surface area contributed by atoms with Gasteiger partial charge in [-0.15, -0.1) is 11.3 Å². The van der Waals surface area contributed by atoms with Crippen LogP contribution < -0.4 is 4.74 Å². The van der Waals surface area contributed by atoms with Crippen molar-refractivity contribution >= 4 is 35.0 Å². The van der Waals surface area contributed by atoms with Crippen LogP contribution in [-0.2, 0) is 32.2 Å². The Morgan fingerprint density at radius 1 is 1.04 bits per heavy atom. The third kappa shape index (κ3) is 8.74. The van der Waals surface area contributed by atoms with Gasteiger partial charge in [0.15, 0.2) is 0 Å². The maximum absolute atomic E-state index is 15.2. The fourth-order valence-corrected chi connectivity index (χ4v) is 7.29. The molecule has 13 heteroatoms. The Balaban J connectivity index is 1.62. The lowest BCUT2D eigenvalue weighted by molar-refractivity contribution is -0.129. The Morgan fingerprint density at radius 3 is 2.37 bits per heavy atom. The summed E-state index contributed by atoms with van der Waals surface area (Å²) in [6.45, 7) is 13.9. The Bertz CT molecular complexity index is 1570. The predicted octanol–water partition coefficient (Wildman–Crippen LogP) is 5.54. The lowest BCUT2D eigenvalue weighted by Crippen LogP contribution is -2.66. The van der Waals surface area contributed by atoms with E-state index in [1.165, 1.54) is 11.3 Å². The first-order valence-electron chi connectivity index (χ1n) is 16.9. The van der Waals surface area contributed by atoms with E-state index in [0.717, 1.165) is 40.2 Å². The van der Waals surface area contributed by atoms with Gasteiger partial charge in [0.05, 0.1) is 43.9 Å². The molecule has 2 unspecified atom stereocenters. The van der Waals surface area contributed by atoms with Gasteiger partial charge in [-0.1, -0.05) is 12.1 Å². The van der Waals surface area contributed by atoms with Gasteiger partial charge in [0, 0.05) is 37.4 Å². The van der Waals surface area contributed by atoms with Crippen LogP contribution in [-0.4, -0.2) is 106 Å². The molecule has 268 valence electrons. The highest BCUT2D eigenvalue weighted by atomic mass is 32.1. The van der Waals surface area contributed by atoms with Gasteiger partial charge >= 0.3 is 12.2 Å². The zero-order valence-corrected chi connectivity index (χ0v) is 30.7. The molecule has 1 aromatic carbocycles. The van der Waals surface area contributed by atoms with E-state index in [4.69, 9.17) is 18.9 Å². The van der Waals surface area contributed by atoms with Crippen molar-refractivity contribution in [3.8, 4) is 5.75 Å². The first-order valence-corrected chi connectivity index (χ1v) is 17.7. The summed E-state index contributed by atoms with van der Waals surface area (Å²) < 4.78 is 22.8. The van der Waals surface area contributed by atoms with Crippen LogP contribution in [0.4, 0.5) is 9.59 Å². The van der Waals surface area contributed by atoms with Crippen LogP contribution in [0.2, 0.25) is 0 Å². The number of carbonyl (C=O) groups is 3. The number of methoxy groups -OCH3 is 1. The van der Waals surface area contributed by atoms with Gasteiger partial charge in [-0.2, -0.15) is 0 Å². The van der Waals surface area contributed by atoms with Crippen molar-refractivity contribution in [2.75, 3.05) is 33.4 Å². The summed E-state index contributed by atoms with van der Waals surface area (Å²) in [5.74, 6) is 0.562. The van der Waals surface area contributed by atoms with Gasteiger partial charge in [0.2, 0.25) is 0 Å². The second kappa shape index (κ2) is 14.7. The Hall–Kier alpha value is -3.68. The molecule has 2 aliphatic heterocycles. The van der Waals surface area contributed by atoms with Crippen LogP contribution in [0.3, 0.4) is 0 Å². The number of aliphatic hydroxyl groups excluding tert-OH is 1. The van der Waals surface area contributed by atoms with Gasteiger partial charge in [-0.3, -0.25) is 9.69 Å². The third-order valence-electron chi connectivity index (χ3n) is 8.66. The second-order valence-electron chi connectivity index (χ2n) is 14.8. The zero-order valence-electron chi connectivity index (χ0n) is 29.9. The fraction of sp³-hybridized carbons (Fsp3) is 0.611. The molecule has 1 aliphatic carbocycles. The Kier molecular flexibility index (Phi) is 10.9. The van der Waals surface area contributed by atoms with Crippen molar-refractivity contribution in [1.29, 1.82) is 0 Å². The highest BCUT2D eigenvalue weighted by Crippen LogP contribution is 2.43. The summed E-state index contributed by atoms with van der Waals surface area (Å²) in [5, 5.41) is 9.89. The van der Waals surface area contributed by atoms with Gasteiger partial charge in [0.25, 0.3) is 5.91 Å². The summed E-state index contributed by atoms with van der Waals surface area (Å²) in [7, 11) is 1.63. The summed E-state index contributed by atoms with van der Waals surface area (Å²) in [6, 6.07) is 4.61. The number of ether oxygens (including phenoxy) is 4. The maximum Gasteiger partial charge on any atom is 0.411 e. The number of carbonyl (C=O) groups excluding carboxylic acids is 3. The summed E-state index contributed by atoms with van der Waals surface area (Å²) in [4.78, 5) is 53.2. The number of aliphatic hydroxyl groups is 1. The summed E-state index contributed by atoms with van der Waals surface area (Å²) in [5.41, 5.74) is 1.70. The van der Waals surface area contributed by atoms with E-state index in [0.29, 0.717) is 23.5 Å². The van der Waals surface area contributed by atoms with Gasteiger partial charge in [-0.05, 0) is 90.5 Å². The number of hydrogen-bond donors (Lipinski definition) is 1. The summed E-state index contributed by atoms with van der Waals surface area (Å²) >= 11 is 1.43. The molecule has 0 spiro atoms. The fourth-order valence-electron chi connectivity index (χ4n) is 6.36. The molecule has 2 fully saturated rings. The van der Waals surface area contributed by atoms with E-state index in [9.17, 15) is 14.7 Å². The third-order valence-corrected chi connectivity index (χ3v) is 9.69. The van der Waals surface area contributed by atoms with Crippen molar-refractivity contribution < 1.29 is 38.4 Å². The van der Waals surface area contributed by atoms with E-state index in [2.05, 4.69) is 4.98 Å². The van der Waals surface area contributed by atoms with E-state index >= 15 is 4.79 Å². The minimum Gasteiger partial charge on any atom is -0.496 e. The number of aromatic nitrogens is 1. The Morgan fingerprint density at radius 2 is 1.73 bits per heavy atom. The number of piperazine rings is 1. The molecule has 49 heavy (non-hydrogen) atoms. The molecule has 1 saturated carbocycles. The molecule has 2 aromatic rings. The molecular weight excluding hydrogens is 648 g/mol. The van der Waals surface area contributed by atoms with Crippen LogP contribution >= 0.6 is 11.3 Å². The highest BCUT2D eigenvalue weighted by Gasteiger charge is 2.51. The van der Waals surface area contributed by atoms with E-state index in [1.54, 1.807) is 23.1 Å². The lowest BCUT2D eigenvalue weighted by Gasteiger charge is -2.51. The lowest BCUT2D eigenvalue weighted by atomic mass is 9.83. The normalized spacial score (nSPS) is 19.5. The van der Waals surface area contributed by atoms with Crippen molar-refractivity contribution in [2.45, 2.75) is 110 Å². The van der Waals surface area contributed by atoms with Gasteiger partial charge in [0.1, 0.15) is 22.0 Å². The van der Waals surface area contributed by atoms with Crippen LogP contribution in [0.15, 0.2) is 30.0 Å². The topological polar surface area (TPSA) is 131 Å². The van der Waals surface area contributed by atoms with Crippen LogP contribution in [0.5, 0.6) is 5.75 Å². The molecule has 2 atom stereocenters. The Labute approximate surface area is 293 Å². The number of hydrogen-bond acceptors (Lipinski definition) is 10. The minimum absolute atomic E-state index is 0.0361. The quantitative estimate of drug-likeness (QED) is 0.318. The van der Waals surface area contributed by atoms with Crippen molar-refractivity contribution in [2.24, 2.45) is 0 Å². The maximum atomic E-state index is 15.2. The number of thiazole rings is 1. The number of nitrogens with zero attached hydrogens (tertiary/aromatic N) is 4. The highest BCUT2D eigenvalue weighted by molar-refractivity contribution is 7.12. The largest absolute Gasteiger partial charge is 0.496 e. The zero-order chi connectivity index (χ0) is 35.7. The number of fused-ring (bicyclic) bond motifs is 2. The molecule has 1 aromatic heterocycles. The number of amides is 3. The van der Waals surface area contributed by atoms with E-state index in [1.807, 2.05) is 71.6 Å². The SMILES string of the molecule is COc1cccc(CN(C(=O)C2=C(c3cnc(COCCO)s3)CC3CN(C(=O)OC(C)(C)C)CC2N3C(=O)OC(C)(C)C)C2CC2)c1C. The molecule has 3 heterocycles. The van der Waals surface area contributed by atoms with Gasteiger partial charge in [-0.25, -0.2) is 14.6 Å². The van der Waals surface area contributed by atoms with Crippen molar-refractivity contribution in [3.05, 3.63) is 51.0 Å². The molecule has 1 saturated heterocycles. The molecule has 0 radical (unpaired) electrons. The molecule has 3 amide bonds. The minimum atomic E-state index is -0.791. The first kappa shape index (κ1) is 36.6. The molecule has 2 bridgehead atoms. The second-order valence-corrected chi connectivity index (χ2v) is 16.0. The van der Waals surface area contributed by atoms with Crippen LogP contribution in [0.1, 0.15) is 81.8 Å². The number of benzene rings is 1.